The quantitative estimate of drug-likeness (QED) is 0.207. The standard InChI is InChI=1S/C35H42N6O11S/c1-6-20-17-35(20,32(46)39-53(48,49)23-8-9-23)38-29(44)25-16-22(51-30-24-10-7-21(50-5)15-19(24)13-14-36-30)18-40(25)31(45)28(34(2,3)4)37-33(47)52-41-26(42)11-12-27(41)43/h6-7,10,13-15,20,22-23,25,28H,1,8-9,11-12,16-18H2,2-5H3,(H,37,47)(H,38,44)(H,39,46). The first-order valence-electron chi connectivity index (χ1n) is 17.2. The van der Waals surface area contributed by atoms with Crippen molar-refractivity contribution in [2.24, 2.45) is 11.3 Å². The highest BCUT2D eigenvalue weighted by Crippen LogP contribution is 2.45. The summed E-state index contributed by atoms with van der Waals surface area (Å²) in [5.74, 6) is -3.53. The number of nitrogens with zero attached hydrogens (tertiary/aromatic N) is 3. The molecule has 2 saturated heterocycles. The Morgan fingerprint density at radius 2 is 1.79 bits per heavy atom. The molecule has 2 saturated carbocycles. The molecule has 2 aliphatic heterocycles. The van der Waals surface area contributed by atoms with Crippen molar-refractivity contribution in [2.45, 2.75) is 88.3 Å². The lowest BCUT2D eigenvalue weighted by molar-refractivity contribution is -0.171. The SMILES string of the molecule is C=CC1CC1(NC(=O)C1CC(Oc2nccc3cc(OC)ccc23)CN1C(=O)C(NC(=O)ON1C(=O)CCC1=O)C(C)(C)C)C(=O)NS(=O)(=O)C1CC1. The van der Waals surface area contributed by atoms with E-state index in [0.29, 0.717) is 29.0 Å². The minimum atomic E-state index is -3.94. The Kier molecular flexibility index (Phi) is 9.87. The average molecular weight is 755 g/mol. The Labute approximate surface area is 305 Å². The topological polar surface area (TPSA) is 220 Å². The van der Waals surface area contributed by atoms with Crippen molar-refractivity contribution in [3.05, 3.63) is 43.1 Å². The number of nitrogens with one attached hydrogen (secondary N) is 3. The molecule has 0 bridgehead atoms. The molecule has 4 fully saturated rings. The van der Waals surface area contributed by atoms with E-state index < -0.39 is 86.0 Å². The number of ether oxygens (including phenoxy) is 2. The van der Waals surface area contributed by atoms with E-state index >= 15 is 0 Å². The number of likely N-dealkylation sites (tertiary alicyclic amines) is 1. The summed E-state index contributed by atoms with van der Waals surface area (Å²) in [6, 6.07) is 4.46. The molecule has 6 rings (SSSR count). The van der Waals surface area contributed by atoms with E-state index in [2.05, 4.69) is 26.9 Å². The number of carbonyl (C=O) groups excluding carboxylic acids is 6. The molecule has 2 aromatic rings. The monoisotopic (exact) mass is 754 g/mol. The van der Waals surface area contributed by atoms with E-state index in [4.69, 9.17) is 14.3 Å². The second-order valence-electron chi connectivity index (χ2n) is 14.8. The molecule has 5 unspecified atom stereocenters. The zero-order valence-electron chi connectivity index (χ0n) is 29.7. The lowest BCUT2D eigenvalue weighted by atomic mass is 9.85. The van der Waals surface area contributed by atoms with E-state index in [1.54, 1.807) is 58.3 Å². The van der Waals surface area contributed by atoms with Crippen LogP contribution in [0.3, 0.4) is 0 Å². The summed E-state index contributed by atoms with van der Waals surface area (Å²) >= 11 is 0. The van der Waals surface area contributed by atoms with Gasteiger partial charge in [0, 0.05) is 36.8 Å². The first-order valence-corrected chi connectivity index (χ1v) is 18.8. The zero-order valence-corrected chi connectivity index (χ0v) is 30.6. The second-order valence-corrected chi connectivity index (χ2v) is 16.7. The third-order valence-electron chi connectivity index (χ3n) is 9.87. The van der Waals surface area contributed by atoms with E-state index in [1.807, 2.05) is 0 Å². The fourth-order valence-corrected chi connectivity index (χ4v) is 7.96. The van der Waals surface area contributed by atoms with Gasteiger partial charge in [0.05, 0.1) is 18.9 Å². The zero-order chi connectivity index (χ0) is 38.5. The van der Waals surface area contributed by atoms with Crippen molar-refractivity contribution in [1.82, 2.24) is 30.3 Å². The molecule has 3 heterocycles. The van der Waals surface area contributed by atoms with Crippen molar-refractivity contribution < 1.29 is 51.5 Å². The first kappa shape index (κ1) is 37.5. The van der Waals surface area contributed by atoms with Crippen LogP contribution < -0.4 is 24.8 Å². The van der Waals surface area contributed by atoms with Gasteiger partial charge in [-0.2, -0.15) is 0 Å². The Morgan fingerprint density at radius 1 is 1.09 bits per heavy atom. The molecule has 0 radical (unpaired) electrons. The molecular formula is C35H42N6O11S. The minimum Gasteiger partial charge on any atom is -0.497 e. The van der Waals surface area contributed by atoms with Crippen LogP contribution in [0.4, 0.5) is 4.79 Å². The highest BCUT2D eigenvalue weighted by Gasteiger charge is 2.62. The summed E-state index contributed by atoms with van der Waals surface area (Å²) in [6.45, 7) is 8.56. The van der Waals surface area contributed by atoms with Gasteiger partial charge in [-0.1, -0.05) is 26.8 Å². The number of imide groups is 1. The summed E-state index contributed by atoms with van der Waals surface area (Å²) in [5.41, 5.74) is -2.61. The maximum atomic E-state index is 14.5. The van der Waals surface area contributed by atoms with E-state index in [0.717, 1.165) is 5.39 Å². The molecule has 0 spiro atoms. The lowest BCUT2D eigenvalue weighted by Crippen LogP contribution is -2.60. The number of sulfonamides is 1. The predicted octanol–water partition coefficient (Wildman–Crippen LogP) is 1.47. The third kappa shape index (κ3) is 7.63. The molecule has 53 heavy (non-hydrogen) atoms. The molecule has 17 nitrogen and oxygen atoms in total. The van der Waals surface area contributed by atoms with Crippen molar-refractivity contribution in [1.29, 1.82) is 0 Å². The van der Waals surface area contributed by atoms with Gasteiger partial charge in [0.25, 0.3) is 17.7 Å². The molecule has 284 valence electrons. The number of carbonyl (C=O) groups is 6. The third-order valence-corrected chi connectivity index (χ3v) is 11.7. The van der Waals surface area contributed by atoms with Crippen LogP contribution in [0.5, 0.6) is 11.6 Å². The number of pyridine rings is 1. The molecule has 2 aliphatic carbocycles. The van der Waals surface area contributed by atoms with Gasteiger partial charge < -0.3 is 29.8 Å². The summed E-state index contributed by atoms with van der Waals surface area (Å²) < 4.78 is 39.1. The predicted molar refractivity (Wildman–Crippen MR) is 186 cm³/mol. The smallest absolute Gasteiger partial charge is 0.432 e. The van der Waals surface area contributed by atoms with Crippen molar-refractivity contribution >= 4 is 56.4 Å². The van der Waals surface area contributed by atoms with E-state index in [9.17, 15) is 37.2 Å². The number of benzene rings is 1. The number of hydrogen-bond donors (Lipinski definition) is 3. The van der Waals surface area contributed by atoms with Crippen molar-refractivity contribution in [3.63, 3.8) is 0 Å². The van der Waals surface area contributed by atoms with Crippen molar-refractivity contribution in [2.75, 3.05) is 13.7 Å². The number of rotatable bonds is 12. The van der Waals surface area contributed by atoms with Gasteiger partial charge >= 0.3 is 6.09 Å². The fourth-order valence-electron chi connectivity index (χ4n) is 6.60. The summed E-state index contributed by atoms with van der Waals surface area (Å²) in [5, 5.41) is 6.25. The number of hydroxylamine groups is 2. The Hall–Kier alpha value is -5.26. The molecule has 4 aliphatic rings. The maximum Gasteiger partial charge on any atom is 0.432 e. The average Bonchev–Trinajstić information content (AvgIpc) is 4.02. The van der Waals surface area contributed by atoms with Gasteiger partial charge in [-0.15, -0.1) is 11.6 Å². The highest BCUT2D eigenvalue weighted by molar-refractivity contribution is 7.91. The van der Waals surface area contributed by atoms with E-state index in [1.165, 1.54) is 11.0 Å². The number of fused-ring (bicyclic) bond motifs is 1. The maximum absolute atomic E-state index is 14.5. The van der Waals surface area contributed by atoms with Gasteiger partial charge in [-0.25, -0.2) is 18.2 Å². The molecule has 18 heteroatoms. The van der Waals surface area contributed by atoms with Crippen LogP contribution in [0.15, 0.2) is 43.1 Å². The molecule has 6 amide bonds. The van der Waals surface area contributed by atoms with Crippen LogP contribution >= 0.6 is 0 Å². The number of aromatic nitrogens is 1. The largest absolute Gasteiger partial charge is 0.497 e. The van der Waals surface area contributed by atoms with Crippen LogP contribution in [0.1, 0.15) is 59.3 Å². The highest BCUT2D eigenvalue weighted by atomic mass is 32.2. The normalized spacial score (nSPS) is 24.7. The van der Waals surface area contributed by atoms with Gasteiger partial charge in [0.15, 0.2) is 0 Å². The first-order chi connectivity index (χ1) is 25.0. The van der Waals surface area contributed by atoms with E-state index in [-0.39, 0.29) is 38.1 Å². The molecule has 3 N–H and O–H groups in total. The van der Waals surface area contributed by atoms with Gasteiger partial charge in [0.1, 0.15) is 29.5 Å². The van der Waals surface area contributed by atoms with Crippen LogP contribution in [-0.2, 0) is 38.8 Å². The molecule has 1 aromatic heterocycles. The Morgan fingerprint density at radius 3 is 2.40 bits per heavy atom. The van der Waals surface area contributed by atoms with Crippen LogP contribution in [0.2, 0.25) is 0 Å². The summed E-state index contributed by atoms with van der Waals surface area (Å²) in [7, 11) is -2.40. The van der Waals surface area contributed by atoms with Gasteiger partial charge in [0.2, 0.25) is 27.7 Å². The van der Waals surface area contributed by atoms with Crippen LogP contribution in [0.25, 0.3) is 10.8 Å². The minimum absolute atomic E-state index is 0.0687. The number of amides is 6. The van der Waals surface area contributed by atoms with Gasteiger partial charge in [-0.05, 0) is 54.3 Å². The number of hydrogen-bond acceptors (Lipinski definition) is 12. The summed E-state index contributed by atoms with van der Waals surface area (Å²) in [4.78, 5) is 89.9. The van der Waals surface area contributed by atoms with Crippen molar-refractivity contribution in [3.8, 4) is 11.6 Å². The second kappa shape index (κ2) is 13.9. The fraction of sp³-hybridized carbons (Fsp3) is 0.514. The Bertz CT molecular complexity index is 1980. The lowest BCUT2D eigenvalue weighted by Gasteiger charge is -2.35. The molecule has 1 aromatic carbocycles. The van der Waals surface area contributed by atoms with Crippen LogP contribution in [-0.4, -0.2) is 102 Å². The van der Waals surface area contributed by atoms with Crippen LogP contribution in [0, 0.1) is 11.3 Å². The van der Waals surface area contributed by atoms with Gasteiger partial charge in [-0.3, -0.25) is 28.7 Å². The molecular weight excluding hydrogens is 712 g/mol. The number of methoxy groups -OCH3 is 1. The summed E-state index contributed by atoms with van der Waals surface area (Å²) in [6.07, 6.45) is 1.57. The Balaban J connectivity index is 1.28. The molecule has 5 atom stereocenters.